The molecule has 0 aliphatic carbocycles. The quantitative estimate of drug-likeness (QED) is 0.500. The van der Waals surface area contributed by atoms with Gasteiger partial charge in [-0.15, -0.1) is 0 Å². The van der Waals surface area contributed by atoms with Crippen molar-refractivity contribution < 1.29 is 29.7 Å². The van der Waals surface area contributed by atoms with E-state index in [1.807, 2.05) is 0 Å². The predicted molar refractivity (Wildman–Crippen MR) is 67.7 cm³/mol. The fourth-order valence-corrected chi connectivity index (χ4v) is 1.18. The molecule has 0 saturated carbocycles. The summed E-state index contributed by atoms with van der Waals surface area (Å²) in [4.78, 5) is 32.6. The second-order valence-corrected chi connectivity index (χ2v) is 3.85. The molecule has 0 aliphatic heterocycles. The van der Waals surface area contributed by atoms with Crippen molar-refractivity contribution in [3.8, 4) is 0 Å². The van der Waals surface area contributed by atoms with E-state index in [0.717, 1.165) is 6.08 Å². The summed E-state index contributed by atoms with van der Waals surface area (Å²) < 4.78 is 0. The van der Waals surface area contributed by atoms with E-state index in [1.165, 1.54) is 19.9 Å². The third kappa shape index (κ3) is 5.20. The zero-order valence-corrected chi connectivity index (χ0v) is 10.9. The summed E-state index contributed by atoms with van der Waals surface area (Å²) in [7, 11) is 0. The molecule has 0 aromatic rings. The van der Waals surface area contributed by atoms with Crippen LogP contribution >= 0.6 is 0 Å². The van der Waals surface area contributed by atoms with Gasteiger partial charge >= 0.3 is 17.9 Å². The number of carbonyl (C=O) groups is 3. The molecular weight excluding hydrogens is 252 g/mol. The summed E-state index contributed by atoms with van der Waals surface area (Å²) in [5.41, 5.74) is -0.128. The van der Waals surface area contributed by atoms with Crippen molar-refractivity contribution in [2.75, 3.05) is 0 Å². The van der Waals surface area contributed by atoms with Gasteiger partial charge in [0.15, 0.2) is 0 Å². The Morgan fingerprint density at radius 3 is 1.74 bits per heavy atom. The minimum atomic E-state index is -1.23. The Morgan fingerprint density at radius 2 is 1.42 bits per heavy atom. The summed E-state index contributed by atoms with van der Waals surface area (Å²) in [6, 6.07) is 0. The highest BCUT2D eigenvalue weighted by atomic mass is 16.4. The van der Waals surface area contributed by atoms with Crippen LogP contribution in [0.2, 0.25) is 0 Å². The summed E-state index contributed by atoms with van der Waals surface area (Å²) in [6.07, 6.45) is 2.52. The van der Waals surface area contributed by atoms with Crippen LogP contribution in [0.15, 0.2) is 34.4 Å². The minimum Gasteiger partial charge on any atom is -0.478 e. The Hall–Kier alpha value is -2.37. The zero-order valence-electron chi connectivity index (χ0n) is 10.9. The van der Waals surface area contributed by atoms with Crippen LogP contribution in [0.4, 0.5) is 0 Å². The monoisotopic (exact) mass is 268 g/mol. The van der Waals surface area contributed by atoms with E-state index >= 15 is 0 Å². The van der Waals surface area contributed by atoms with Gasteiger partial charge in [-0.3, -0.25) is 0 Å². The first-order valence-electron chi connectivity index (χ1n) is 5.50. The van der Waals surface area contributed by atoms with E-state index < -0.39 is 17.9 Å². The molecule has 0 spiro atoms. The van der Waals surface area contributed by atoms with E-state index in [4.69, 9.17) is 15.3 Å². The third-order valence-corrected chi connectivity index (χ3v) is 2.45. The van der Waals surface area contributed by atoms with Crippen LogP contribution in [0.25, 0.3) is 0 Å². The number of rotatable bonds is 6. The van der Waals surface area contributed by atoms with E-state index in [2.05, 4.69) is 0 Å². The second kappa shape index (κ2) is 7.15. The Balaban J connectivity index is 5.90. The number of hydrogen-bond donors (Lipinski definition) is 3. The molecule has 0 saturated heterocycles. The van der Waals surface area contributed by atoms with Gasteiger partial charge in [0.05, 0.1) is 0 Å². The number of allylic oxidation sites excluding steroid dienone is 3. The maximum Gasteiger partial charge on any atom is 0.331 e. The van der Waals surface area contributed by atoms with E-state index in [-0.39, 0.29) is 28.7 Å². The number of carboxylic acid groups (broad SMARTS) is 3. The summed E-state index contributed by atoms with van der Waals surface area (Å²) >= 11 is 0. The molecule has 0 aliphatic rings. The lowest BCUT2D eigenvalue weighted by Gasteiger charge is -2.04. The molecule has 0 atom stereocenters. The lowest BCUT2D eigenvalue weighted by molar-refractivity contribution is -0.133. The molecule has 19 heavy (non-hydrogen) atoms. The molecule has 3 N–H and O–H groups in total. The number of aliphatic carboxylic acids is 3. The van der Waals surface area contributed by atoms with Gasteiger partial charge < -0.3 is 15.3 Å². The standard InChI is InChI=1S/C13H16O6/c1-4-9(13(18)19)6-10(8(3)12(16)17)5-7(2)11(14)15/h5-6H,4H2,1-3H3,(H,14,15)(H,16,17)(H,18,19). The average molecular weight is 268 g/mol. The minimum absolute atomic E-state index is 0.00467. The highest BCUT2D eigenvalue weighted by Gasteiger charge is 2.11. The largest absolute Gasteiger partial charge is 0.478 e. The van der Waals surface area contributed by atoms with Crippen LogP contribution < -0.4 is 0 Å². The Morgan fingerprint density at radius 1 is 0.895 bits per heavy atom. The molecular formula is C13H16O6. The van der Waals surface area contributed by atoms with Gasteiger partial charge in [0.2, 0.25) is 0 Å². The molecule has 6 nitrogen and oxygen atoms in total. The van der Waals surface area contributed by atoms with Crippen molar-refractivity contribution in [3.63, 3.8) is 0 Å². The second-order valence-electron chi connectivity index (χ2n) is 3.85. The molecule has 0 fully saturated rings. The van der Waals surface area contributed by atoms with Gasteiger partial charge in [0, 0.05) is 16.7 Å². The maximum absolute atomic E-state index is 10.9. The topological polar surface area (TPSA) is 112 Å². The van der Waals surface area contributed by atoms with Crippen molar-refractivity contribution in [1.82, 2.24) is 0 Å². The normalized spacial score (nSPS) is 13.8. The fourth-order valence-electron chi connectivity index (χ4n) is 1.18. The van der Waals surface area contributed by atoms with Crippen molar-refractivity contribution in [2.24, 2.45) is 0 Å². The first kappa shape index (κ1) is 16.6. The SMILES string of the molecule is CCC(=CC(C=C(C)C(=O)O)=C(C)C(=O)O)C(=O)O. The number of hydrogen-bond acceptors (Lipinski definition) is 3. The molecule has 0 bridgehead atoms. The van der Waals surface area contributed by atoms with Crippen LogP contribution in [0, 0.1) is 0 Å². The number of carboxylic acids is 3. The van der Waals surface area contributed by atoms with E-state index in [0.29, 0.717) is 0 Å². The molecule has 0 rings (SSSR count). The molecule has 0 radical (unpaired) electrons. The Kier molecular flexibility index (Phi) is 6.26. The first-order valence-corrected chi connectivity index (χ1v) is 5.50. The zero-order chi connectivity index (χ0) is 15.2. The highest BCUT2D eigenvalue weighted by Crippen LogP contribution is 2.15. The Labute approximate surface area is 110 Å². The van der Waals surface area contributed by atoms with Crippen LogP contribution in [0.3, 0.4) is 0 Å². The van der Waals surface area contributed by atoms with E-state index in [9.17, 15) is 14.4 Å². The smallest absolute Gasteiger partial charge is 0.331 e. The lowest BCUT2D eigenvalue weighted by Crippen LogP contribution is -2.04. The van der Waals surface area contributed by atoms with Crippen molar-refractivity contribution in [2.45, 2.75) is 27.2 Å². The van der Waals surface area contributed by atoms with Gasteiger partial charge in [-0.1, -0.05) is 6.92 Å². The average Bonchev–Trinajstić information content (AvgIpc) is 2.32. The third-order valence-electron chi connectivity index (χ3n) is 2.45. The Bertz CT molecular complexity index is 493. The predicted octanol–water partition coefficient (Wildman–Crippen LogP) is 1.84. The molecule has 0 unspecified atom stereocenters. The van der Waals surface area contributed by atoms with Crippen LogP contribution in [-0.4, -0.2) is 33.2 Å². The van der Waals surface area contributed by atoms with Crippen LogP contribution in [0.5, 0.6) is 0 Å². The van der Waals surface area contributed by atoms with Gasteiger partial charge in [-0.05, 0) is 38.0 Å². The molecule has 6 heteroatoms. The van der Waals surface area contributed by atoms with Gasteiger partial charge in [0.1, 0.15) is 0 Å². The van der Waals surface area contributed by atoms with Gasteiger partial charge in [-0.25, -0.2) is 14.4 Å². The molecule has 0 heterocycles. The van der Waals surface area contributed by atoms with Crippen LogP contribution in [0.1, 0.15) is 27.2 Å². The molecule has 0 aromatic heterocycles. The lowest BCUT2D eigenvalue weighted by atomic mass is 10.0. The summed E-state index contributed by atoms with van der Waals surface area (Å²) in [6.45, 7) is 4.20. The first-order chi connectivity index (χ1) is 8.70. The van der Waals surface area contributed by atoms with Crippen molar-refractivity contribution in [1.29, 1.82) is 0 Å². The van der Waals surface area contributed by atoms with Crippen LogP contribution in [-0.2, 0) is 14.4 Å². The maximum atomic E-state index is 10.9. The van der Waals surface area contributed by atoms with Crippen molar-refractivity contribution in [3.05, 3.63) is 34.4 Å². The summed E-state index contributed by atoms with van der Waals surface area (Å²) in [5.74, 6) is -3.60. The van der Waals surface area contributed by atoms with Gasteiger partial charge in [0.25, 0.3) is 0 Å². The van der Waals surface area contributed by atoms with E-state index in [1.54, 1.807) is 6.92 Å². The van der Waals surface area contributed by atoms with Gasteiger partial charge in [-0.2, -0.15) is 0 Å². The molecule has 0 amide bonds. The fraction of sp³-hybridized carbons (Fsp3) is 0.308. The molecule has 104 valence electrons. The highest BCUT2D eigenvalue weighted by molar-refractivity contribution is 5.92. The summed E-state index contributed by atoms with van der Waals surface area (Å²) in [5, 5.41) is 26.6. The van der Waals surface area contributed by atoms with Crippen molar-refractivity contribution >= 4 is 17.9 Å². The molecule has 0 aromatic carbocycles.